The fraction of sp³-hybridized carbons (Fsp3) is 0.900. The molecule has 0 aromatic carbocycles. The molecule has 0 heterocycles. The summed E-state index contributed by atoms with van der Waals surface area (Å²) in [5, 5.41) is 0. The molecule has 0 rings (SSSR count). The van der Waals surface area contributed by atoms with Gasteiger partial charge in [0.2, 0.25) is 0 Å². The molecule has 2 unspecified atom stereocenters. The lowest BCUT2D eigenvalue weighted by Gasteiger charge is -2.40. The topological polar surface area (TPSA) is 52.6 Å². The minimum Gasteiger partial charge on any atom is -0.465 e. The molecule has 0 radical (unpaired) electrons. The lowest BCUT2D eigenvalue weighted by atomic mass is 9.64. The molecule has 0 aliphatic carbocycles. The number of rotatable bonds is 7. The van der Waals surface area contributed by atoms with Crippen LogP contribution in [0.2, 0.25) is 0 Å². The van der Waals surface area contributed by atoms with Crippen molar-refractivity contribution in [3.05, 3.63) is 0 Å². The Labute approximate surface area is 148 Å². The van der Waals surface area contributed by atoms with Gasteiger partial charge in [-0.1, -0.05) is 69.2 Å². The van der Waals surface area contributed by atoms with Crippen molar-refractivity contribution in [3.63, 3.8) is 0 Å². The molecule has 4 nitrogen and oxygen atoms in total. The van der Waals surface area contributed by atoms with E-state index >= 15 is 0 Å². The van der Waals surface area contributed by atoms with Gasteiger partial charge in [-0.05, 0) is 22.7 Å². The zero-order valence-electron chi connectivity index (χ0n) is 17.4. The average Bonchev–Trinajstić information content (AvgIpc) is 2.36. The normalized spacial score (nSPS) is 15.3. The number of carbonyl (C=O) groups excluding carboxylic acids is 2. The van der Waals surface area contributed by atoms with E-state index in [-0.39, 0.29) is 23.8 Å². The van der Waals surface area contributed by atoms with Gasteiger partial charge >= 0.3 is 11.9 Å². The maximum atomic E-state index is 12.8. The van der Waals surface area contributed by atoms with E-state index in [0.717, 1.165) is 0 Å². The quantitative estimate of drug-likeness (QED) is 0.629. The van der Waals surface area contributed by atoms with Gasteiger partial charge in [-0.15, -0.1) is 0 Å². The maximum Gasteiger partial charge on any atom is 0.310 e. The van der Waals surface area contributed by atoms with Crippen molar-refractivity contribution in [1.82, 2.24) is 0 Å². The smallest absolute Gasteiger partial charge is 0.310 e. The Hall–Kier alpha value is -1.06. The van der Waals surface area contributed by atoms with Gasteiger partial charge in [0, 0.05) is 0 Å². The SMILES string of the molecule is CC(C)COC(=O)C(C(C(=O)OCC(C)C)C(C)(C)C)C(C)(C)C. The highest BCUT2D eigenvalue weighted by Crippen LogP contribution is 2.43. The molecule has 0 bridgehead atoms. The van der Waals surface area contributed by atoms with E-state index in [2.05, 4.69) is 0 Å². The molecule has 4 heteroatoms. The predicted octanol–water partition coefficient (Wildman–Crippen LogP) is 4.71. The Morgan fingerprint density at radius 3 is 1.08 bits per heavy atom. The second-order valence-corrected chi connectivity index (χ2v) is 9.74. The van der Waals surface area contributed by atoms with Crippen LogP contribution < -0.4 is 0 Å². The number of esters is 2. The molecule has 0 saturated carbocycles. The summed E-state index contributed by atoms with van der Waals surface area (Å²) in [6.07, 6.45) is 0. The molecule has 0 N–H and O–H groups in total. The van der Waals surface area contributed by atoms with Crippen LogP contribution in [-0.2, 0) is 19.1 Å². The summed E-state index contributed by atoms with van der Waals surface area (Å²) in [4.78, 5) is 25.6. The second-order valence-electron chi connectivity index (χ2n) is 9.74. The third-order valence-electron chi connectivity index (χ3n) is 3.83. The summed E-state index contributed by atoms with van der Waals surface area (Å²) in [6.45, 7) is 20.6. The van der Waals surface area contributed by atoms with E-state index in [1.54, 1.807) is 0 Å². The van der Waals surface area contributed by atoms with Crippen LogP contribution in [0.15, 0.2) is 0 Å². The number of hydrogen-bond acceptors (Lipinski definition) is 4. The van der Waals surface area contributed by atoms with E-state index in [0.29, 0.717) is 13.2 Å². The van der Waals surface area contributed by atoms with Crippen molar-refractivity contribution in [2.24, 2.45) is 34.5 Å². The first-order chi connectivity index (χ1) is 10.7. The summed E-state index contributed by atoms with van der Waals surface area (Å²) >= 11 is 0. The zero-order chi connectivity index (χ0) is 19.3. The van der Waals surface area contributed by atoms with Gasteiger partial charge in [0.1, 0.15) is 0 Å². The van der Waals surface area contributed by atoms with Crippen LogP contribution in [-0.4, -0.2) is 25.2 Å². The standard InChI is InChI=1S/C20H38O4/c1-13(2)11-23-17(21)15(19(5,6)7)16(20(8,9)10)18(22)24-12-14(3)4/h13-16H,11-12H2,1-10H3. The fourth-order valence-electron chi connectivity index (χ4n) is 2.66. The van der Waals surface area contributed by atoms with Crippen LogP contribution in [0.5, 0.6) is 0 Å². The van der Waals surface area contributed by atoms with E-state index in [4.69, 9.17) is 9.47 Å². The molecular weight excluding hydrogens is 304 g/mol. The largest absolute Gasteiger partial charge is 0.465 e. The van der Waals surface area contributed by atoms with Crippen LogP contribution in [0.3, 0.4) is 0 Å². The molecule has 24 heavy (non-hydrogen) atoms. The van der Waals surface area contributed by atoms with Crippen LogP contribution in [0.25, 0.3) is 0 Å². The molecule has 0 amide bonds. The third-order valence-corrected chi connectivity index (χ3v) is 3.83. The highest BCUT2D eigenvalue weighted by Gasteiger charge is 2.49. The monoisotopic (exact) mass is 342 g/mol. The van der Waals surface area contributed by atoms with Crippen molar-refractivity contribution in [3.8, 4) is 0 Å². The first-order valence-corrected chi connectivity index (χ1v) is 9.01. The Kier molecular flexibility index (Phi) is 8.47. The first kappa shape index (κ1) is 22.9. The predicted molar refractivity (Wildman–Crippen MR) is 97.5 cm³/mol. The summed E-state index contributed by atoms with van der Waals surface area (Å²) in [5.74, 6) is -1.19. The number of ether oxygens (including phenoxy) is 2. The number of hydrogen-bond donors (Lipinski definition) is 0. The van der Waals surface area contributed by atoms with Crippen molar-refractivity contribution < 1.29 is 19.1 Å². The van der Waals surface area contributed by atoms with Crippen LogP contribution in [0.1, 0.15) is 69.2 Å². The lowest BCUT2D eigenvalue weighted by molar-refractivity contribution is -0.172. The summed E-state index contributed by atoms with van der Waals surface area (Å²) in [5.41, 5.74) is -0.800. The van der Waals surface area contributed by atoms with Crippen molar-refractivity contribution in [2.45, 2.75) is 69.2 Å². The molecule has 2 atom stereocenters. The zero-order valence-corrected chi connectivity index (χ0v) is 17.4. The molecule has 142 valence electrons. The van der Waals surface area contributed by atoms with E-state index in [9.17, 15) is 9.59 Å². The van der Waals surface area contributed by atoms with Crippen LogP contribution >= 0.6 is 0 Å². The first-order valence-electron chi connectivity index (χ1n) is 9.01. The molecule has 0 spiro atoms. The van der Waals surface area contributed by atoms with Gasteiger partial charge in [-0.2, -0.15) is 0 Å². The molecule has 0 saturated heterocycles. The third kappa shape index (κ3) is 7.67. The molecule has 0 aromatic rings. The van der Waals surface area contributed by atoms with Gasteiger partial charge < -0.3 is 9.47 Å². The highest BCUT2D eigenvalue weighted by molar-refractivity contribution is 5.83. The minimum absolute atomic E-state index is 0.260. The molecular formula is C20H38O4. The minimum atomic E-state index is -0.545. The van der Waals surface area contributed by atoms with Gasteiger partial charge in [-0.25, -0.2) is 0 Å². The summed E-state index contributed by atoms with van der Waals surface area (Å²) in [6, 6.07) is 0. The van der Waals surface area contributed by atoms with Gasteiger partial charge in [0.05, 0.1) is 25.0 Å². The van der Waals surface area contributed by atoms with Crippen LogP contribution in [0, 0.1) is 34.5 Å². The summed E-state index contributed by atoms with van der Waals surface area (Å²) in [7, 11) is 0. The van der Waals surface area contributed by atoms with Crippen LogP contribution in [0.4, 0.5) is 0 Å². The Bertz CT molecular complexity index is 370. The summed E-state index contributed by atoms with van der Waals surface area (Å²) < 4.78 is 11.0. The number of carbonyl (C=O) groups is 2. The van der Waals surface area contributed by atoms with Crippen molar-refractivity contribution in [2.75, 3.05) is 13.2 Å². The maximum absolute atomic E-state index is 12.8. The Morgan fingerprint density at radius 1 is 0.667 bits per heavy atom. The van der Waals surface area contributed by atoms with Gasteiger partial charge in [0.15, 0.2) is 0 Å². The Balaban J connectivity index is 5.60. The molecule has 0 fully saturated rings. The van der Waals surface area contributed by atoms with Crippen molar-refractivity contribution >= 4 is 11.9 Å². The fourth-order valence-corrected chi connectivity index (χ4v) is 2.66. The van der Waals surface area contributed by atoms with E-state index in [1.807, 2.05) is 69.2 Å². The highest BCUT2D eigenvalue weighted by atomic mass is 16.5. The Morgan fingerprint density at radius 2 is 0.917 bits per heavy atom. The van der Waals surface area contributed by atoms with Crippen molar-refractivity contribution in [1.29, 1.82) is 0 Å². The van der Waals surface area contributed by atoms with Gasteiger partial charge in [0.25, 0.3) is 0 Å². The lowest BCUT2D eigenvalue weighted by Crippen LogP contribution is -2.46. The second kappa shape index (κ2) is 8.87. The molecule has 0 aliphatic rings. The van der Waals surface area contributed by atoms with E-state index < -0.39 is 22.7 Å². The average molecular weight is 343 g/mol. The van der Waals surface area contributed by atoms with E-state index in [1.165, 1.54) is 0 Å². The molecule has 0 aliphatic heterocycles. The molecule has 0 aromatic heterocycles. The van der Waals surface area contributed by atoms with Gasteiger partial charge in [-0.3, -0.25) is 9.59 Å².